The van der Waals surface area contributed by atoms with Crippen LogP contribution in [0.3, 0.4) is 0 Å². The van der Waals surface area contributed by atoms with E-state index >= 15 is 0 Å². The standard InChI is InChI=1S/C14H16ClNO3/c15-10-4-1-3-9(7-10)8-16-13(17)11-5-2-6-12(11)14(18)19/h1,3-4,7,11-12H,2,5-6,8H2,(H,16,17)(H,18,19). The van der Waals surface area contributed by atoms with Crippen LogP contribution in [0, 0.1) is 11.8 Å². The van der Waals surface area contributed by atoms with Crippen LogP contribution in [0.4, 0.5) is 0 Å². The molecule has 1 aliphatic carbocycles. The van der Waals surface area contributed by atoms with E-state index in [2.05, 4.69) is 5.32 Å². The molecule has 2 N–H and O–H groups in total. The summed E-state index contributed by atoms with van der Waals surface area (Å²) in [6, 6.07) is 7.24. The molecule has 5 heteroatoms. The second-order valence-corrected chi connectivity index (χ2v) is 5.27. The summed E-state index contributed by atoms with van der Waals surface area (Å²) >= 11 is 5.86. The number of halogens is 1. The van der Waals surface area contributed by atoms with Crippen LogP contribution in [0.5, 0.6) is 0 Å². The molecule has 0 bridgehead atoms. The van der Waals surface area contributed by atoms with Crippen molar-refractivity contribution in [1.82, 2.24) is 5.32 Å². The summed E-state index contributed by atoms with van der Waals surface area (Å²) in [5.41, 5.74) is 0.908. The van der Waals surface area contributed by atoms with E-state index in [4.69, 9.17) is 16.7 Å². The van der Waals surface area contributed by atoms with Crippen molar-refractivity contribution in [3.05, 3.63) is 34.9 Å². The number of carbonyl (C=O) groups excluding carboxylic acids is 1. The van der Waals surface area contributed by atoms with Crippen LogP contribution >= 0.6 is 11.6 Å². The van der Waals surface area contributed by atoms with Crippen molar-refractivity contribution in [2.45, 2.75) is 25.8 Å². The third-order valence-electron chi connectivity index (χ3n) is 3.53. The lowest BCUT2D eigenvalue weighted by Gasteiger charge is -2.15. The van der Waals surface area contributed by atoms with Crippen LogP contribution in [-0.2, 0) is 16.1 Å². The Balaban J connectivity index is 1.92. The van der Waals surface area contributed by atoms with Crippen molar-refractivity contribution in [2.75, 3.05) is 0 Å². The number of rotatable bonds is 4. The normalized spacial score (nSPS) is 22.2. The van der Waals surface area contributed by atoms with Gasteiger partial charge in [-0.3, -0.25) is 9.59 Å². The highest BCUT2D eigenvalue weighted by Crippen LogP contribution is 2.32. The molecule has 102 valence electrons. The molecule has 1 aromatic rings. The molecule has 1 aliphatic rings. The van der Waals surface area contributed by atoms with E-state index in [1.165, 1.54) is 0 Å². The van der Waals surface area contributed by atoms with Gasteiger partial charge in [0.1, 0.15) is 0 Å². The van der Waals surface area contributed by atoms with E-state index < -0.39 is 17.8 Å². The molecule has 1 fully saturated rings. The first-order chi connectivity index (χ1) is 9.08. The van der Waals surface area contributed by atoms with E-state index in [0.717, 1.165) is 12.0 Å². The maximum atomic E-state index is 12.0. The summed E-state index contributed by atoms with van der Waals surface area (Å²) in [6.07, 6.45) is 2.04. The topological polar surface area (TPSA) is 66.4 Å². The zero-order valence-electron chi connectivity index (χ0n) is 10.4. The number of aliphatic carboxylic acids is 1. The number of hydrogen-bond donors (Lipinski definition) is 2. The van der Waals surface area contributed by atoms with Crippen LogP contribution in [0.25, 0.3) is 0 Å². The zero-order valence-corrected chi connectivity index (χ0v) is 11.2. The quantitative estimate of drug-likeness (QED) is 0.891. The van der Waals surface area contributed by atoms with Crippen LogP contribution in [0.1, 0.15) is 24.8 Å². The second-order valence-electron chi connectivity index (χ2n) is 4.83. The van der Waals surface area contributed by atoms with Gasteiger partial charge in [-0.1, -0.05) is 30.2 Å². The highest BCUT2D eigenvalue weighted by molar-refractivity contribution is 6.30. The first-order valence-corrected chi connectivity index (χ1v) is 6.70. The monoisotopic (exact) mass is 281 g/mol. The lowest BCUT2D eigenvalue weighted by atomic mass is 9.95. The van der Waals surface area contributed by atoms with E-state index in [1.807, 2.05) is 12.1 Å². The van der Waals surface area contributed by atoms with Crippen LogP contribution in [0.2, 0.25) is 5.02 Å². The summed E-state index contributed by atoms with van der Waals surface area (Å²) in [4.78, 5) is 23.0. The Kier molecular flexibility index (Phi) is 4.43. The maximum Gasteiger partial charge on any atom is 0.307 e. The maximum absolute atomic E-state index is 12.0. The smallest absolute Gasteiger partial charge is 0.307 e. The fourth-order valence-electron chi connectivity index (χ4n) is 2.54. The Bertz CT molecular complexity index is 489. The van der Waals surface area contributed by atoms with E-state index in [1.54, 1.807) is 12.1 Å². The Labute approximate surface area is 116 Å². The first kappa shape index (κ1) is 13.9. The summed E-state index contributed by atoms with van der Waals surface area (Å²) in [5.74, 6) is -2.00. The molecule has 0 spiro atoms. The second kappa shape index (κ2) is 6.06. The molecular formula is C14H16ClNO3. The van der Waals surface area contributed by atoms with Gasteiger partial charge in [-0.05, 0) is 30.5 Å². The van der Waals surface area contributed by atoms with E-state index in [0.29, 0.717) is 24.4 Å². The molecule has 2 rings (SSSR count). The van der Waals surface area contributed by atoms with Crippen molar-refractivity contribution in [3.8, 4) is 0 Å². The third kappa shape index (κ3) is 3.47. The minimum Gasteiger partial charge on any atom is -0.481 e. The first-order valence-electron chi connectivity index (χ1n) is 6.33. The zero-order chi connectivity index (χ0) is 13.8. The molecule has 0 heterocycles. The molecule has 2 unspecified atom stereocenters. The van der Waals surface area contributed by atoms with Crippen LogP contribution in [0.15, 0.2) is 24.3 Å². The Hall–Kier alpha value is -1.55. The number of benzene rings is 1. The van der Waals surface area contributed by atoms with Gasteiger partial charge in [0.2, 0.25) is 5.91 Å². The number of hydrogen-bond acceptors (Lipinski definition) is 2. The lowest BCUT2D eigenvalue weighted by molar-refractivity contribution is -0.146. The van der Waals surface area contributed by atoms with Crippen LogP contribution < -0.4 is 5.32 Å². The molecule has 0 aliphatic heterocycles. The van der Waals surface area contributed by atoms with E-state index in [-0.39, 0.29) is 5.91 Å². The summed E-state index contributed by atoms with van der Waals surface area (Å²) in [7, 11) is 0. The van der Waals surface area contributed by atoms with Crippen molar-refractivity contribution >= 4 is 23.5 Å². The SMILES string of the molecule is O=C(O)C1CCCC1C(=O)NCc1cccc(Cl)c1. The highest BCUT2D eigenvalue weighted by atomic mass is 35.5. The predicted octanol–water partition coefficient (Wildman–Crippen LogP) is 2.46. The molecule has 0 aromatic heterocycles. The molecular weight excluding hydrogens is 266 g/mol. The molecule has 0 radical (unpaired) electrons. The van der Waals surface area contributed by atoms with Gasteiger partial charge in [-0.15, -0.1) is 0 Å². The van der Waals surface area contributed by atoms with Crippen molar-refractivity contribution < 1.29 is 14.7 Å². The van der Waals surface area contributed by atoms with Gasteiger partial charge in [0.05, 0.1) is 11.8 Å². The van der Waals surface area contributed by atoms with Gasteiger partial charge in [0.15, 0.2) is 0 Å². The molecule has 19 heavy (non-hydrogen) atoms. The third-order valence-corrected chi connectivity index (χ3v) is 3.76. The lowest BCUT2D eigenvalue weighted by Crippen LogP contribution is -2.34. The van der Waals surface area contributed by atoms with E-state index in [9.17, 15) is 9.59 Å². The molecule has 1 aromatic carbocycles. The fraction of sp³-hybridized carbons (Fsp3) is 0.429. The van der Waals surface area contributed by atoms with Crippen molar-refractivity contribution in [2.24, 2.45) is 11.8 Å². The highest BCUT2D eigenvalue weighted by Gasteiger charge is 2.37. The Morgan fingerprint density at radius 1 is 1.32 bits per heavy atom. The fourth-order valence-corrected chi connectivity index (χ4v) is 2.75. The van der Waals surface area contributed by atoms with Crippen molar-refractivity contribution in [1.29, 1.82) is 0 Å². The van der Waals surface area contributed by atoms with Crippen LogP contribution in [-0.4, -0.2) is 17.0 Å². The minimum atomic E-state index is -0.875. The summed E-state index contributed by atoms with van der Waals surface area (Å²) in [5, 5.41) is 12.5. The molecule has 1 amide bonds. The molecule has 1 saturated carbocycles. The number of amides is 1. The van der Waals surface area contributed by atoms with Gasteiger partial charge in [-0.25, -0.2) is 0 Å². The predicted molar refractivity (Wildman–Crippen MR) is 71.8 cm³/mol. The minimum absolute atomic E-state index is 0.176. The largest absolute Gasteiger partial charge is 0.481 e. The molecule has 2 atom stereocenters. The van der Waals surface area contributed by atoms with Gasteiger partial charge in [0.25, 0.3) is 0 Å². The van der Waals surface area contributed by atoms with Gasteiger partial charge in [0, 0.05) is 11.6 Å². The Morgan fingerprint density at radius 3 is 2.74 bits per heavy atom. The number of carboxylic acid groups (broad SMARTS) is 1. The number of nitrogens with one attached hydrogen (secondary N) is 1. The molecule has 0 saturated heterocycles. The summed E-state index contributed by atoms with van der Waals surface area (Å²) < 4.78 is 0. The number of carbonyl (C=O) groups is 2. The Morgan fingerprint density at radius 2 is 2.05 bits per heavy atom. The number of carboxylic acids is 1. The van der Waals surface area contributed by atoms with Crippen molar-refractivity contribution in [3.63, 3.8) is 0 Å². The average molecular weight is 282 g/mol. The van der Waals surface area contributed by atoms with Gasteiger partial charge >= 0.3 is 5.97 Å². The molecule has 4 nitrogen and oxygen atoms in total. The van der Waals surface area contributed by atoms with Gasteiger partial charge < -0.3 is 10.4 Å². The average Bonchev–Trinajstić information content (AvgIpc) is 2.85. The summed E-state index contributed by atoms with van der Waals surface area (Å²) in [6.45, 7) is 0.377. The van der Waals surface area contributed by atoms with Gasteiger partial charge in [-0.2, -0.15) is 0 Å².